The van der Waals surface area contributed by atoms with E-state index in [0.29, 0.717) is 0 Å². The summed E-state index contributed by atoms with van der Waals surface area (Å²) >= 11 is 0. The second-order valence-electron chi connectivity index (χ2n) is 5.95. The topological polar surface area (TPSA) is 41.6 Å². The first-order valence-electron chi connectivity index (χ1n) is 7.29. The minimum atomic E-state index is -4.28. The van der Waals surface area contributed by atoms with Crippen molar-refractivity contribution in [2.24, 2.45) is 5.92 Å². The zero-order valence-electron chi connectivity index (χ0n) is 13.1. The number of carbonyl (C=O) groups is 1. The summed E-state index contributed by atoms with van der Waals surface area (Å²) < 4.78 is 42.8. The van der Waals surface area contributed by atoms with Crippen molar-refractivity contribution in [3.05, 3.63) is 0 Å². The number of carbonyl (C=O) groups excluding carboxylic acids is 1. The molecule has 0 saturated heterocycles. The Morgan fingerprint density at radius 3 is 2.24 bits per heavy atom. The van der Waals surface area contributed by atoms with Crippen LogP contribution in [0, 0.1) is 5.92 Å². The molecule has 0 bridgehead atoms. The molecule has 0 aromatic heterocycles. The number of esters is 1. The van der Waals surface area contributed by atoms with Gasteiger partial charge in [-0.15, -0.1) is 0 Å². The maximum Gasteiger partial charge on any atom is 0.401 e. The maximum atomic E-state index is 12.7. The Morgan fingerprint density at radius 2 is 1.90 bits per heavy atom. The molecule has 7 heteroatoms. The minimum absolute atomic E-state index is 0.0124. The number of methoxy groups -OCH3 is 1. The summed E-state index contributed by atoms with van der Waals surface area (Å²) in [7, 11) is 1.28. The van der Waals surface area contributed by atoms with Gasteiger partial charge in [-0.3, -0.25) is 10.2 Å². The molecule has 1 unspecified atom stereocenters. The van der Waals surface area contributed by atoms with Gasteiger partial charge in [0.25, 0.3) is 0 Å². The average molecular weight is 310 g/mol. The van der Waals surface area contributed by atoms with Gasteiger partial charge in [-0.25, -0.2) is 4.79 Å². The van der Waals surface area contributed by atoms with Crippen LogP contribution in [0.1, 0.15) is 33.6 Å². The van der Waals surface area contributed by atoms with Crippen LogP contribution in [0.25, 0.3) is 0 Å². The van der Waals surface area contributed by atoms with Gasteiger partial charge < -0.3 is 4.74 Å². The van der Waals surface area contributed by atoms with Gasteiger partial charge in [0.1, 0.15) is 5.54 Å². The van der Waals surface area contributed by atoms with Crippen LogP contribution in [0.2, 0.25) is 0 Å². The summed E-state index contributed by atoms with van der Waals surface area (Å²) in [4.78, 5) is 13.5. The van der Waals surface area contributed by atoms with E-state index in [9.17, 15) is 18.0 Å². The number of hydrogen-bond acceptors (Lipinski definition) is 4. The third-order valence-corrected chi connectivity index (χ3v) is 3.69. The van der Waals surface area contributed by atoms with E-state index in [0.717, 1.165) is 12.8 Å². The predicted octanol–water partition coefficient (Wildman–Crippen LogP) is 2.19. The van der Waals surface area contributed by atoms with Crippen molar-refractivity contribution in [1.29, 1.82) is 0 Å². The van der Waals surface area contributed by atoms with Crippen LogP contribution in [-0.2, 0) is 9.53 Å². The number of nitrogens with zero attached hydrogens (tertiary/aromatic N) is 1. The molecule has 0 heterocycles. The summed E-state index contributed by atoms with van der Waals surface area (Å²) in [5.74, 6) is -0.436. The molecule has 0 amide bonds. The highest BCUT2D eigenvalue weighted by Gasteiger charge is 2.53. The highest BCUT2D eigenvalue weighted by Crippen LogP contribution is 2.41. The van der Waals surface area contributed by atoms with Crippen LogP contribution in [0.5, 0.6) is 0 Å². The molecule has 0 radical (unpaired) electrons. The van der Waals surface area contributed by atoms with E-state index >= 15 is 0 Å². The van der Waals surface area contributed by atoms with Gasteiger partial charge in [0.05, 0.1) is 13.7 Å². The fraction of sp³-hybridized carbons (Fsp3) is 0.929. The minimum Gasteiger partial charge on any atom is -0.468 e. The highest BCUT2D eigenvalue weighted by molar-refractivity contribution is 5.82. The lowest BCUT2D eigenvalue weighted by Gasteiger charge is -2.38. The van der Waals surface area contributed by atoms with E-state index in [1.165, 1.54) is 12.0 Å². The molecular formula is C14H25F3N2O2. The van der Waals surface area contributed by atoms with Crippen LogP contribution in [0.3, 0.4) is 0 Å². The molecule has 4 nitrogen and oxygen atoms in total. The van der Waals surface area contributed by atoms with E-state index in [1.54, 1.807) is 6.92 Å². The summed E-state index contributed by atoms with van der Waals surface area (Å²) in [6.45, 7) is 4.63. The number of halogens is 3. The van der Waals surface area contributed by atoms with E-state index in [1.807, 2.05) is 13.8 Å². The Bertz CT molecular complexity index is 357. The first-order chi connectivity index (χ1) is 9.64. The van der Waals surface area contributed by atoms with Crippen molar-refractivity contribution < 1.29 is 22.7 Å². The normalized spacial score (nSPS) is 18.9. The third kappa shape index (κ3) is 5.14. The van der Waals surface area contributed by atoms with Crippen molar-refractivity contribution in [3.63, 3.8) is 0 Å². The van der Waals surface area contributed by atoms with Crippen molar-refractivity contribution in [2.75, 3.05) is 26.7 Å². The van der Waals surface area contributed by atoms with Gasteiger partial charge in [-0.05, 0) is 39.2 Å². The van der Waals surface area contributed by atoms with Crippen LogP contribution in [-0.4, -0.2) is 55.4 Å². The van der Waals surface area contributed by atoms with Gasteiger partial charge in [0, 0.05) is 12.6 Å². The van der Waals surface area contributed by atoms with Crippen LogP contribution < -0.4 is 5.32 Å². The van der Waals surface area contributed by atoms with Crippen LogP contribution in [0.15, 0.2) is 0 Å². The van der Waals surface area contributed by atoms with Crippen LogP contribution in [0.4, 0.5) is 13.2 Å². The molecular weight excluding hydrogens is 285 g/mol. The molecule has 124 valence electrons. The molecule has 21 heavy (non-hydrogen) atoms. The molecule has 1 aliphatic carbocycles. The zero-order chi connectivity index (χ0) is 16.3. The van der Waals surface area contributed by atoms with Gasteiger partial charge >= 0.3 is 12.1 Å². The molecule has 1 N–H and O–H groups in total. The molecule has 1 saturated carbocycles. The molecule has 0 spiro atoms. The number of alkyl halides is 3. The second-order valence-corrected chi connectivity index (χ2v) is 5.95. The second kappa shape index (κ2) is 6.96. The SMILES string of the molecule is CCN(CC(F)(F)F)CC(NC(C)C)(C(=O)OC)C1CC1. The summed E-state index contributed by atoms with van der Waals surface area (Å²) in [5.41, 5.74) is -1.05. The Morgan fingerprint density at radius 1 is 1.33 bits per heavy atom. The molecule has 0 aliphatic heterocycles. The lowest BCUT2D eigenvalue weighted by atomic mass is 9.91. The third-order valence-electron chi connectivity index (χ3n) is 3.69. The first-order valence-corrected chi connectivity index (χ1v) is 7.29. The Hall–Kier alpha value is -0.820. The standard InChI is InChI=1S/C14H25F3N2O2/c1-5-19(9-14(15,16)17)8-13(11-6-7-11,12(20)21-4)18-10(2)3/h10-11,18H,5-9H2,1-4H3. The van der Waals surface area contributed by atoms with Gasteiger partial charge in [0.15, 0.2) is 0 Å². The Balaban J connectivity index is 2.96. The molecule has 0 aromatic carbocycles. The van der Waals surface area contributed by atoms with E-state index in [2.05, 4.69) is 5.32 Å². The maximum absolute atomic E-state index is 12.7. The Kier molecular flexibility index (Phi) is 6.04. The van der Waals surface area contributed by atoms with E-state index < -0.39 is 24.2 Å². The smallest absolute Gasteiger partial charge is 0.401 e. The molecule has 1 fully saturated rings. The summed E-state index contributed by atoms with van der Waals surface area (Å²) in [6.07, 6.45) is -2.62. The number of nitrogens with one attached hydrogen (secondary N) is 1. The van der Waals surface area contributed by atoms with Crippen molar-refractivity contribution in [1.82, 2.24) is 10.2 Å². The number of likely N-dealkylation sites (N-methyl/N-ethyl adjacent to an activating group) is 1. The van der Waals surface area contributed by atoms with Crippen molar-refractivity contribution in [3.8, 4) is 0 Å². The van der Waals surface area contributed by atoms with Crippen LogP contribution >= 0.6 is 0 Å². The van der Waals surface area contributed by atoms with Crippen molar-refractivity contribution in [2.45, 2.75) is 51.4 Å². The van der Waals surface area contributed by atoms with Gasteiger partial charge in [0.2, 0.25) is 0 Å². The fourth-order valence-electron chi connectivity index (χ4n) is 2.74. The quantitative estimate of drug-likeness (QED) is 0.698. The summed E-state index contributed by atoms with van der Waals surface area (Å²) in [6, 6.07) is -0.0192. The van der Waals surface area contributed by atoms with E-state index in [4.69, 9.17) is 4.74 Å². The molecule has 1 atom stereocenters. The number of rotatable bonds is 8. The Labute approximate surface area is 124 Å². The van der Waals surface area contributed by atoms with Gasteiger partial charge in [-0.2, -0.15) is 13.2 Å². The lowest BCUT2D eigenvalue weighted by Crippen LogP contribution is -2.63. The monoisotopic (exact) mass is 310 g/mol. The largest absolute Gasteiger partial charge is 0.468 e. The summed E-state index contributed by atoms with van der Waals surface area (Å²) in [5, 5.41) is 3.17. The first kappa shape index (κ1) is 18.2. The lowest BCUT2D eigenvalue weighted by molar-refractivity contribution is -0.159. The average Bonchev–Trinajstić information content (AvgIpc) is 3.18. The van der Waals surface area contributed by atoms with Crippen molar-refractivity contribution >= 4 is 5.97 Å². The van der Waals surface area contributed by atoms with E-state index in [-0.39, 0.29) is 25.0 Å². The highest BCUT2D eigenvalue weighted by atomic mass is 19.4. The molecule has 1 aliphatic rings. The van der Waals surface area contributed by atoms with Gasteiger partial charge in [-0.1, -0.05) is 6.92 Å². The molecule has 0 aromatic rings. The molecule has 1 rings (SSSR count). The number of hydrogen-bond donors (Lipinski definition) is 1. The number of ether oxygens (including phenoxy) is 1. The fourth-order valence-corrected chi connectivity index (χ4v) is 2.74. The zero-order valence-corrected chi connectivity index (χ0v) is 13.1. The predicted molar refractivity (Wildman–Crippen MR) is 73.9 cm³/mol.